The molecule has 2 rings (SSSR count). The van der Waals surface area contributed by atoms with Crippen LogP contribution in [0.2, 0.25) is 0 Å². The van der Waals surface area contributed by atoms with Gasteiger partial charge in [0.25, 0.3) is 0 Å². The number of rotatable bonds is 4. The number of benzene rings is 2. The van der Waals surface area contributed by atoms with E-state index >= 15 is 0 Å². The Hall–Kier alpha value is -1.69. The third-order valence-electron chi connectivity index (χ3n) is 2.46. The lowest BCUT2D eigenvalue weighted by Crippen LogP contribution is -2.20. The van der Waals surface area contributed by atoms with Crippen molar-refractivity contribution < 1.29 is 8.42 Å². The lowest BCUT2D eigenvalue weighted by molar-refractivity contribution is 0.587. The Labute approximate surface area is 120 Å². The van der Waals surface area contributed by atoms with Crippen molar-refractivity contribution in [1.29, 1.82) is 0 Å². The Morgan fingerprint density at radius 3 is 1.70 bits per heavy atom. The third-order valence-corrected chi connectivity index (χ3v) is 3.13. The van der Waals surface area contributed by atoms with E-state index in [1.165, 1.54) is 5.56 Å². The first kappa shape index (κ1) is 16.4. The molecule has 0 spiro atoms. The molecule has 0 heterocycles. The maximum Gasteiger partial charge on any atom is 0.209 e. The second-order valence-electron chi connectivity index (χ2n) is 4.27. The van der Waals surface area contributed by atoms with Crippen molar-refractivity contribution in [2.75, 3.05) is 6.26 Å². The van der Waals surface area contributed by atoms with Gasteiger partial charge >= 0.3 is 0 Å². The number of nitrogens with two attached hydrogens (primary N) is 1. The van der Waals surface area contributed by atoms with Gasteiger partial charge in [-0.15, -0.1) is 0 Å². The summed E-state index contributed by atoms with van der Waals surface area (Å²) >= 11 is 0. The summed E-state index contributed by atoms with van der Waals surface area (Å²) in [4.78, 5) is 0. The van der Waals surface area contributed by atoms with Crippen LogP contribution in [0.4, 0.5) is 0 Å². The molecule has 0 saturated carbocycles. The van der Waals surface area contributed by atoms with Crippen LogP contribution < -0.4 is 10.5 Å². The predicted molar refractivity (Wildman–Crippen MR) is 82.5 cm³/mol. The Morgan fingerprint density at radius 1 is 0.900 bits per heavy atom. The Bertz CT molecular complexity index is 584. The van der Waals surface area contributed by atoms with E-state index in [2.05, 4.69) is 4.72 Å². The number of sulfonamides is 1. The van der Waals surface area contributed by atoms with Gasteiger partial charge in [0.1, 0.15) is 0 Å². The summed E-state index contributed by atoms with van der Waals surface area (Å²) in [5.74, 6) is 0. The summed E-state index contributed by atoms with van der Waals surface area (Å²) in [5, 5.41) is 0. The summed E-state index contributed by atoms with van der Waals surface area (Å²) in [5.41, 5.74) is 7.50. The van der Waals surface area contributed by atoms with Crippen LogP contribution in [0.25, 0.3) is 0 Å². The van der Waals surface area contributed by atoms with Gasteiger partial charge in [-0.25, -0.2) is 13.1 Å². The lowest BCUT2D eigenvalue weighted by Gasteiger charge is -2.00. The normalized spacial score (nSPS) is 10.5. The quantitative estimate of drug-likeness (QED) is 0.903. The molecule has 0 bridgehead atoms. The van der Waals surface area contributed by atoms with Crippen molar-refractivity contribution in [2.24, 2.45) is 5.73 Å². The Kier molecular flexibility index (Phi) is 6.93. The van der Waals surface area contributed by atoms with Crippen molar-refractivity contribution in [3.8, 4) is 0 Å². The van der Waals surface area contributed by atoms with Crippen LogP contribution >= 0.6 is 0 Å². The SMILES string of the molecule is CS(=O)(=O)NCc1ccccc1.NCc1ccccc1. The molecule has 108 valence electrons. The minimum atomic E-state index is -3.07. The second kappa shape index (κ2) is 8.47. The van der Waals surface area contributed by atoms with E-state index in [0.29, 0.717) is 13.1 Å². The highest BCUT2D eigenvalue weighted by Crippen LogP contribution is 1.97. The second-order valence-corrected chi connectivity index (χ2v) is 6.10. The van der Waals surface area contributed by atoms with Crippen molar-refractivity contribution >= 4 is 10.0 Å². The third kappa shape index (κ3) is 7.68. The van der Waals surface area contributed by atoms with Crippen LogP contribution in [-0.2, 0) is 23.1 Å². The van der Waals surface area contributed by atoms with Gasteiger partial charge in [-0.3, -0.25) is 0 Å². The maximum atomic E-state index is 10.7. The summed E-state index contributed by atoms with van der Waals surface area (Å²) < 4.78 is 23.8. The number of nitrogens with one attached hydrogen (secondary N) is 1. The average molecular weight is 292 g/mol. The maximum absolute atomic E-state index is 10.7. The standard InChI is InChI=1S/C8H11NO2S.C7H9N/c1-12(10,11)9-7-8-5-3-2-4-6-8;8-6-7-4-2-1-3-5-7/h2-6,9H,7H2,1H3;1-5H,6,8H2. The zero-order chi connectivity index (χ0) is 14.8. The molecule has 2 aromatic rings. The fourth-order valence-electron chi connectivity index (χ4n) is 1.42. The molecule has 0 aromatic heterocycles. The number of hydrogen-bond donors (Lipinski definition) is 2. The lowest BCUT2D eigenvalue weighted by atomic mass is 10.2. The average Bonchev–Trinajstić information content (AvgIpc) is 2.47. The van der Waals surface area contributed by atoms with Gasteiger partial charge < -0.3 is 5.73 Å². The molecular formula is C15H20N2O2S. The van der Waals surface area contributed by atoms with Crippen molar-refractivity contribution in [3.05, 3.63) is 71.8 Å². The molecule has 0 aliphatic rings. The molecule has 0 aliphatic heterocycles. The highest BCUT2D eigenvalue weighted by atomic mass is 32.2. The van der Waals surface area contributed by atoms with E-state index in [1.54, 1.807) is 0 Å². The Morgan fingerprint density at radius 2 is 1.35 bits per heavy atom. The van der Waals surface area contributed by atoms with E-state index in [0.717, 1.165) is 11.8 Å². The van der Waals surface area contributed by atoms with E-state index in [9.17, 15) is 8.42 Å². The van der Waals surface area contributed by atoms with Gasteiger partial charge in [0.05, 0.1) is 6.26 Å². The highest BCUT2D eigenvalue weighted by Gasteiger charge is 1.98. The van der Waals surface area contributed by atoms with Gasteiger partial charge in [-0.2, -0.15) is 0 Å². The van der Waals surface area contributed by atoms with E-state index in [1.807, 2.05) is 60.7 Å². The molecule has 0 fully saturated rings. The molecule has 0 saturated heterocycles. The molecular weight excluding hydrogens is 272 g/mol. The van der Waals surface area contributed by atoms with Crippen LogP contribution in [0.5, 0.6) is 0 Å². The highest BCUT2D eigenvalue weighted by molar-refractivity contribution is 7.88. The molecule has 20 heavy (non-hydrogen) atoms. The monoisotopic (exact) mass is 292 g/mol. The zero-order valence-corrected chi connectivity index (χ0v) is 12.3. The summed E-state index contributed by atoms with van der Waals surface area (Å²) in [6.45, 7) is 1.00. The van der Waals surface area contributed by atoms with Crippen LogP contribution in [-0.4, -0.2) is 14.7 Å². The first-order valence-corrected chi connectivity index (χ1v) is 8.13. The van der Waals surface area contributed by atoms with Crippen molar-refractivity contribution in [1.82, 2.24) is 4.72 Å². The van der Waals surface area contributed by atoms with Gasteiger partial charge in [-0.05, 0) is 11.1 Å². The van der Waals surface area contributed by atoms with E-state index < -0.39 is 10.0 Å². The minimum absolute atomic E-state index is 0.361. The summed E-state index contributed by atoms with van der Waals surface area (Å²) in [7, 11) is -3.07. The van der Waals surface area contributed by atoms with E-state index in [4.69, 9.17) is 5.73 Å². The molecule has 0 amide bonds. The minimum Gasteiger partial charge on any atom is -0.326 e. The molecule has 0 unspecified atom stereocenters. The fraction of sp³-hybridized carbons (Fsp3) is 0.200. The summed E-state index contributed by atoms with van der Waals surface area (Å²) in [6.07, 6.45) is 1.15. The molecule has 2 aromatic carbocycles. The molecule has 3 N–H and O–H groups in total. The summed E-state index contributed by atoms with van der Waals surface area (Å²) in [6, 6.07) is 19.4. The van der Waals surface area contributed by atoms with Crippen LogP contribution in [0, 0.1) is 0 Å². The predicted octanol–water partition coefficient (Wildman–Crippen LogP) is 1.88. The molecule has 0 atom stereocenters. The zero-order valence-electron chi connectivity index (χ0n) is 11.5. The van der Waals surface area contributed by atoms with Crippen LogP contribution in [0.1, 0.15) is 11.1 Å². The molecule has 0 radical (unpaired) electrons. The van der Waals surface area contributed by atoms with E-state index in [-0.39, 0.29) is 0 Å². The topological polar surface area (TPSA) is 72.2 Å². The van der Waals surface area contributed by atoms with Crippen LogP contribution in [0.3, 0.4) is 0 Å². The van der Waals surface area contributed by atoms with Crippen LogP contribution in [0.15, 0.2) is 60.7 Å². The first-order valence-electron chi connectivity index (χ1n) is 6.24. The van der Waals surface area contributed by atoms with Gasteiger partial charge in [0, 0.05) is 13.1 Å². The van der Waals surface area contributed by atoms with Crippen molar-refractivity contribution in [2.45, 2.75) is 13.1 Å². The van der Waals surface area contributed by atoms with Gasteiger partial charge in [0.2, 0.25) is 10.0 Å². The molecule has 4 nitrogen and oxygen atoms in total. The molecule has 0 aliphatic carbocycles. The Balaban J connectivity index is 0.000000217. The number of hydrogen-bond acceptors (Lipinski definition) is 3. The van der Waals surface area contributed by atoms with Crippen molar-refractivity contribution in [3.63, 3.8) is 0 Å². The van der Waals surface area contributed by atoms with Gasteiger partial charge in [0.15, 0.2) is 0 Å². The smallest absolute Gasteiger partial charge is 0.209 e. The van der Waals surface area contributed by atoms with Gasteiger partial charge in [-0.1, -0.05) is 60.7 Å². The largest absolute Gasteiger partial charge is 0.326 e. The molecule has 5 heteroatoms. The fourth-order valence-corrected chi connectivity index (χ4v) is 1.85. The first-order chi connectivity index (χ1) is 9.51.